The summed E-state index contributed by atoms with van der Waals surface area (Å²) in [6.07, 6.45) is -4.93. The minimum absolute atomic E-state index is 0.0780. The second-order valence-corrected chi connectivity index (χ2v) is 7.03. The van der Waals surface area contributed by atoms with Gasteiger partial charge in [0.15, 0.2) is 11.4 Å². The van der Waals surface area contributed by atoms with Gasteiger partial charge in [-0.25, -0.2) is 9.07 Å². The Morgan fingerprint density at radius 3 is 2.38 bits per heavy atom. The zero-order valence-electron chi connectivity index (χ0n) is 17.6. The molecule has 1 amide bonds. The number of carbonyl (C=O) groups excluding carboxylic acids is 1. The summed E-state index contributed by atoms with van der Waals surface area (Å²) >= 11 is 0. The molecule has 0 fully saturated rings. The van der Waals surface area contributed by atoms with E-state index in [4.69, 9.17) is 0 Å². The molecular weight excluding hydrogens is 426 g/mol. The van der Waals surface area contributed by atoms with Gasteiger partial charge in [-0.3, -0.25) is 9.69 Å². The molecule has 170 valence electrons. The number of alkyl halides is 3. The third kappa shape index (κ3) is 5.13. The number of amides is 1. The van der Waals surface area contributed by atoms with E-state index in [0.29, 0.717) is 17.8 Å². The largest absolute Gasteiger partial charge is 0.435 e. The fraction of sp³-hybridized carbons (Fsp3) is 0.318. The van der Waals surface area contributed by atoms with Crippen molar-refractivity contribution in [3.63, 3.8) is 0 Å². The van der Waals surface area contributed by atoms with Gasteiger partial charge in [-0.05, 0) is 36.9 Å². The van der Waals surface area contributed by atoms with Gasteiger partial charge in [-0.2, -0.15) is 13.2 Å². The van der Waals surface area contributed by atoms with E-state index in [0.717, 1.165) is 17.7 Å². The summed E-state index contributed by atoms with van der Waals surface area (Å²) in [5.41, 5.74) is -1.49. The van der Waals surface area contributed by atoms with E-state index in [1.165, 1.54) is 12.1 Å². The molecule has 1 N–H and O–H groups in total. The predicted molar refractivity (Wildman–Crippen MR) is 111 cm³/mol. The Kier molecular flexibility index (Phi) is 7.24. The molecule has 0 radical (unpaired) electrons. The normalized spacial score (nSPS) is 12.7. The maximum Gasteiger partial charge on any atom is 0.435 e. The standard InChI is InChI=1S/C22H23F4N5O/c1-3-30(4-2)18(15-9-6-5-7-10-15)14-27-21(32)19-20(22(24,25)26)31(29-28-19)17-12-8-11-16(23)13-17/h5-13,18H,3-4,14H2,1-2H3,(H,27,32). The molecule has 0 saturated carbocycles. The maximum absolute atomic E-state index is 13.8. The van der Waals surface area contributed by atoms with Crippen LogP contribution >= 0.6 is 0 Å². The van der Waals surface area contributed by atoms with Crippen LogP contribution in [0.25, 0.3) is 5.69 Å². The SMILES string of the molecule is CCN(CC)C(CNC(=O)c1nnn(-c2cccc(F)c2)c1C(F)(F)F)c1ccccc1. The van der Waals surface area contributed by atoms with Crippen LogP contribution in [0.15, 0.2) is 54.6 Å². The molecule has 2 aromatic carbocycles. The zero-order chi connectivity index (χ0) is 23.3. The number of nitrogens with one attached hydrogen (secondary N) is 1. The quantitative estimate of drug-likeness (QED) is 0.523. The lowest BCUT2D eigenvalue weighted by Gasteiger charge is -2.30. The monoisotopic (exact) mass is 449 g/mol. The highest BCUT2D eigenvalue weighted by Crippen LogP contribution is 2.33. The molecule has 1 heterocycles. The van der Waals surface area contributed by atoms with Crippen molar-refractivity contribution in [3.8, 4) is 5.69 Å². The van der Waals surface area contributed by atoms with Gasteiger partial charge in [0.25, 0.3) is 5.91 Å². The molecule has 0 aliphatic carbocycles. The number of hydrogen-bond donors (Lipinski definition) is 1. The van der Waals surface area contributed by atoms with Gasteiger partial charge in [0, 0.05) is 6.54 Å². The molecule has 3 aromatic rings. The summed E-state index contributed by atoms with van der Waals surface area (Å²) in [6.45, 7) is 5.39. The van der Waals surface area contributed by atoms with Crippen LogP contribution in [0.4, 0.5) is 17.6 Å². The lowest BCUT2D eigenvalue weighted by Crippen LogP contribution is -2.38. The molecule has 1 aromatic heterocycles. The Bertz CT molecular complexity index is 1050. The molecule has 1 unspecified atom stereocenters. The van der Waals surface area contributed by atoms with Crippen molar-refractivity contribution in [1.82, 2.24) is 25.2 Å². The van der Waals surface area contributed by atoms with Crippen molar-refractivity contribution in [2.24, 2.45) is 0 Å². The first-order valence-corrected chi connectivity index (χ1v) is 10.1. The Morgan fingerprint density at radius 1 is 1.09 bits per heavy atom. The average molecular weight is 449 g/mol. The van der Waals surface area contributed by atoms with Crippen molar-refractivity contribution in [2.75, 3.05) is 19.6 Å². The minimum atomic E-state index is -4.93. The molecule has 1 atom stereocenters. The molecule has 10 heteroatoms. The van der Waals surface area contributed by atoms with Gasteiger partial charge in [0.05, 0.1) is 11.7 Å². The van der Waals surface area contributed by atoms with Crippen molar-refractivity contribution in [1.29, 1.82) is 0 Å². The highest BCUT2D eigenvalue weighted by molar-refractivity contribution is 5.93. The minimum Gasteiger partial charge on any atom is -0.349 e. The van der Waals surface area contributed by atoms with Crippen molar-refractivity contribution in [3.05, 3.63) is 77.4 Å². The van der Waals surface area contributed by atoms with E-state index >= 15 is 0 Å². The topological polar surface area (TPSA) is 63.1 Å². The van der Waals surface area contributed by atoms with Crippen LogP contribution in [0.2, 0.25) is 0 Å². The number of aromatic nitrogens is 3. The summed E-state index contributed by atoms with van der Waals surface area (Å²) < 4.78 is 55.4. The summed E-state index contributed by atoms with van der Waals surface area (Å²) in [4.78, 5) is 14.8. The molecule has 0 saturated heterocycles. The van der Waals surface area contributed by atoms with Crippen LogP contribution in [-0.2, 0) is 6.18 Å². The van der Waals surface area contributed by atoms with Crippen LogP contribution < -0.4 is 5.32 Å². The second-order valence-electron chi connectivity index (χ2n) is 7.03. The number of benzene rings is 2. The number of likely N-dealkylation sites (N-methyl/N-ethyl adjacent to an activating group) is 1. The summed E-state index contributed by atoms with van der Waals surface area (Å²) in [7, 11) is 0. The highest BCUT2D eigenvalue weighted by atomic mass is 19.4. The molecular formula is C22H23F4N5O. The van der Waals surface area contributed by atoms with E-state index in [1.807, 2.05) is 44.2 Å². The predicted octanol–water partition coefficient (Wildman–Crippen LogP) is 4.24. The molecule has 0 bridgehead atoms. The third-order valence-corrected chi connectivity index (χ3v) is 5.10. The van der Waals surface area contributed by atoms with Gasteiger partial charge < -0.3 is 5.32 Å². The summed E-state index contributed by atoms with van der Waals surface area (Å²) in [5, 5.41) is 9.51. The van der Waals surface area contributed by atoms with Gasteiger partial charge in [0.2, 0.25) is 0 Å². The summed E-state index contributed by atoms with van der Waals surface area (Å²) in [6, 6.07) is 13.6. The van der Waals surface area contributed by atoms with Gasteiger partial charge in [-0.1, -0.05) is 55.5 Å². The smallest absolute Gasteiger partial charge is 0.349 e. The summed E-state index contributed by atoms with van der Waals surface area (Å²) in [5.74, 6) is -1.74. The lowest BCUT2D eigenvalue weighted by molar-refractivity contribution is -0.143. The molecule has 6 nitrogen and oxygen atoms in total. The number of nitrogens with zero attached hydrogens (tertiary/aromatic N) is 4. The first-order valence-electron chi connectivity index (χ1n) is 10.1. The van der Waals surface area contributed by atoms with Gasteiger partial charge >= 0.3 is 6.18 Å². The Morgan fingerprint density at radius 2 is 1.78 bits per heavy atom. The van der Waals surface area contributed by atoms with Gasteiger partial charge in [-0.15, -0.1) is 5.10 Å². The van der Waals surface area contributed by atoms with Crippen LogP contribution in [-0.4, -0.2) is 45.4 Å². The van der Waals surface area contributed by atoms with Crippen molar-refractivity contribution >= 4 is 5.91 Å². The number of hydrogen-bond acceptors (Lipinski definition) is 4. The second kappa shape index (κ2) is 9.90. The number of rotatable bonds is 8. The Balaban J connectivity index is 1.90. The molecule has 0 aliphatic rings. The molecule has 3 rings (SSSR count). The van der Waals surface area contributed by atoms with Crippen LogP contribution in [0.3, 0.4) is 0 Å². The maximum atomic E-state index is 13.8. The van der Waals surface area contributed by atoms with E-state index in [2.05, 4.69) is 20.5 Å². The molecule has 0 aliphatic heterocycles. The Labute approximate surface area is 182 Å². The lowest BCUT2D eigenvalue weighted by atomic mass is 10.0. The van der Waals surface area contributed by atoms with E-state index in [9.17, 15) is 22.4 Å². The average Bonchev–Trinajstić information content (AvgIpc) is 3.23. The molecule has 32 heavy (non-hydrogen) atoms. The van der Waals surface area contributed by atoms with Crippen LogP contribution in [0.1, 0.15) is 41.6 Å². The highest BCUT2D eigenvalue weighted by Gasteiger charge is 2.42. The first-order chi connectivity index (χ1) is 15.3. The van der Waals surface area contributed by atoms with E-state index in [1.54, 1.807) is 0 Å². The third-order valence-electron chi connectivity index (χ3n) is 5.10. The molecule has 0 spiro atoms. The number of halogens is 4. The number of carbonyl (C=O) groups is 1. The first kappa shape index (κ1) is 23.4. The van der Waals surface area contributed by atoms with Crippen LogP contribution in [0.5, 0.6) is 0 Å². The Hall–Kier alpha value is -3.27. The fourth-order valence-corrected chi connectivity index (χ4v) is 3.55. The van der Waals surface area contributed by atoms with Crippen molar-refractivity contribution < 1.29 is 22.4 Å². The van der Waals surface area contributed by atoms with Crippen LogP contribution in [0, 0.1) is 5.82 Å². The van der Waals surface area contributed by atoms with E-state index in [-0.39, 0.29) is 18.3 Å². The van der Waals surface area contributed by atoms with E-state index < -0.39 is 29.3 Å². The fourth-order valence-electron chi connectivity index (χ4n) is 3.55. The zero-order valence-corrected chi connectivity index (χ0v) is 17.6. The van der Waals surface area contributed by atoms with Crippen molar-refractivity contribution in [2.45, 2.75) is 26.1 Å². The van der Waals surface area contributed by atoms with Gasteiger partial charge in [0.1, 0.15) is 5.82 Å².